The first kappa shape index (κ1) is 20.8. The lowest BCUT2D eigenvalue weighted by Gasteiger charge is -2.12. The van der Waals surface area contributed by atoms with Gasteiger partial charge in [-0.05, 0) is 37.6 Å². The van der Waals surface area contributed by atoms with Crippen molar-refractivity contribution in [1.82, 2.24) is 9.13 Å². The molecule has 3 rings (SSSR count). The highest BCUT2D eigenvalue weighted by molar-refractivity contribution is 6.01. The Hall–Kier alpha value is -3.94. The van der Waals surface area contributed by atoms with Crippen LogP contribution in [0.4, 0.5) is 5.69 Å². The molecule has 0 fully saturated rings. The maximum atomic E-state index is 12.5. The van der Waals surface area contributed by atoms with Gasteiger partial charge in [0.2, 0.25) is 5.91 Å². The van der Waals surface area contributed by atoms with Gasteiger partial charge >= 0.3 is 17.1 Å². The molecule has 0 radical (unpaired) electrons. The van der Waals surface area contributed by atoms with E-state index in [1.54, 1.807) is 37.3 Å². The Morgan fingerprint density at radius 3 is 2.40 bits per heavy atom. The van der Waals surface area contributed by atoms with E-state index in [4.69, 9.17) is 4.74 Å². The Morgan fingerprint density at radius 2 is 1.67 bits per heavy atom. The van der Waals surface area contributed by atoms with Gasteiger partial charge < -0.3 is 10.1 Å². The van der Waals surface area contributed by atoms with Gasteiger partial charge in [0.15, 0.2) is 0 Å². The number of ether oxygens (including phenoxy) is 1. The van der Waals surface area contributed by atoms with Crippen molar-refractivity contribution in [2.45, 2.75) is 20.4 Å². The summed E-state index contributed by atoms with van der Waals surface area (Å²) in [6, 6.07) is 13.6. The average molecular weight is 407 g/mol. The molecule has 8 nitrogen and oxygen atoms in total. The third-order valence-corrected chi connectivity index (χ3v) is 4.44. The highest BCUT2D eigenvalue weighted by atomic mass is 16.5. The van der Waals surface area contributed by atoms with E-state index in [0.29, 0.717) is 5.69 Å². The molecule has 0 saturated carbocycles. The maximum Gasteiger partial charge on any atom is 0.340 e. The Morgan fingerprint density at radius 1 is 0.967 bits per heavy atom. The summed E-state index contributed by atoms with van der Waals surface area (Å²) in [5, 5.41) is 2.59. The van der Waals surface area contributed by atoms with E-state index in [1.165, 1.54) is 23.0 Å². The molecule has 0 bridgehead atoms. The first-order valence-corrected chi connectivity index (χ1v) is 9.36. The minimum Gasteiger partial charge on any atom is -0.462 e. The minimum absolute atomic E-state index is 0.202. The summed E-state index contributed by atoms with van der Waals surface area (Å²) in [5.74, 6) is -1.12. The summed E-state index contributed by atoms with van der Waals surface area (Å²) >= 11 is 0. The van der Waals surface area contributed by atoms with Crippen LogP contribution in [0.25, 0.3) is 5.69 Å². The zero-order chi connectivity index (χ0) is 21.7. The van der Waals surface area contributed by atoms with Crippen molar-refractivity contribution in [2.75, 3.05) is 11.9 Å². The van der Waals surface area contributed by atoms with E-state index >= 15 is 0 Å². The number of nitrogens with one attached hydrogen (secondary N) is 1. The van der Waals surface area contributed by atoms with Gasteiger partial charge in [0, 0.05) is 12.4 Å². The van der Waals surface area contributed by atoms with Crippen LogP contribution in [0.2, 0.25) is 0 Å². The van der Waals surface area contributed by atoms with Crippen LogP contribution in [0, 0.1) is 6.92 Å². The van der Waals surface area contributed by atoms with E-state index in [0.717, 1.165) is 10.1 Å². The molecule has 30 heavy (non-hydrogen) atoms. The molecular formula is C22H21N3O5. The Kier molecular flexibility index (Phi) is 6.26. The van der Waals surface area contributed by atoms with Crippen LogP contribution in [0.5, 0.6) is 0 Å². The number of aromatic nitrogens is 2. The molecule has 1 N–H and O–H groups in total. The van der Waals surface area contributed by atoms with Crippen molar-refractivity contribution >= 4 is 17.6 Å². The van der Waals surface area contributed by atoms with Gasteiger partial charge in [-0.15, -0.1) is 0 Å². The number of nitrogens with zero attached hydrogens (tertiary/aromatic N) is 2. The standard InChI is InChI=1S/C22H21N3O5/c1-3-30-22(29)16-9-5-6-10-17(16)23-19(26)14-24-12-13-25(21(28)20(24)27)18-11-7-4-8-15(18)2/h4-13H,3,14H2,1-2H3,(H,23,26). The number of hydrogen-bond acceptors (Lipinski definition) is 5. The fourth-order valence-corrected chi connectivity index (χ4v) is 2.98. The van der Waals surface area contributed by atoms with E-state index in [1.807, 2.05) is 19.1 Å². The Balaban J connectivity index is 1.83. The predicted octanol–water partition coefficient (Wildman–Crippen LogP) is 2.12. The number of para-hydroxylation sites is 2. The normalized spacial score (nSPS) is 10.5. The number of carbonyl (C=O) groups excluding carboxylic acids is 2. The number of amides is 1. The van der Waals surface area contributed by atoms with Crippen molar-refractivity contribution in [1.29, 1.82) is 0 Å². The molecule has 1 heterocycles. The fraction of sp³-hybridized carbons (Fsp3) is 0.182. The summed E-state index contributed by atoms with van der Waals surface area (Å²) < 4.78 is 7.26. The highest BCUT2D eigenvalue weighted by Crippen LogP contribution is 2.16. The number of esters is 1. The second-order valence-electron chi connectivity index (χ2n) is 6.51. The highest BCUT2D eigenvalue weighted by Gasteiger charge is 2.15. The van der Waals surface area contributed by atoms with Crippen LogP contribution in [-0.2, 0) is 16.1 Å². The van der Waals surface area contributed by atoms with Crippen molar-refractivity contribution in [3.8, 4) is 5.69 Å². The molecule has 8 heteroatoms. The molecule has 1 amide bonds. The van der Waals surface area contributed by atoms with Gasteiger partial charge in [-0.1, -0.05) is 30.3 Å². The number of benzene rings is 2. The van der Waals surface area contributed by atoms with E-state index in [-0.39, 0.29) is 24.4 Å². The van der Waals surface area contributed by atoms with Gasteiger partial charge in [0.05, 0.1) is 23.5 Å². The molecule has 3 aromatic rings. The van der Waals surface area contributed by atoms with Crippen LogP contribution in [0.1, 0.15) is 22.8 Å². The summed E-state index contributed by atoms with van der Waals surface area (Å²) in [5.41, 5.74) is 0.322. The first-order chi connectivity index (χ1) is 14.4. The smallest absolute Gasteiger partial charge is 0.340 e. The lowest BCUT2D eigenvalue weighted by Crippen LogP contribution is -2.41. The summed E-state index contributed by atoms with van der Waals surface area (Å²) in [6.07, 6.45) is 2.83. The van der Waals surface area contributed by atoms with E-state index in [9.17, 15) is 19.2 Å². The third-order valence-electron chi connectivity index (χ3n) is 4.44. The molecule has 0 unspecified atom stereocenters. The summed E-state index contributed by atoms with van der Waals surface area (Å²) in [6.45, 7) is 3.35. The number of carbonyl (C=O) groups is 2. The van der Waals surface area contributed by atoms with Crippen molar-refractivity contribution < 1.29 is 14.3 Å². The molecule has 0 aliphatic carbocycles. The van der Waals surface area contributed by atoms with Gasteiger partial charge in [-0.2, -0.15) is 0 Å². The predicted molar refractivity (Wildman–Crippen MR) is 112 cm³/mol. The molecule has 1 aromatic heterocycles. The minimum atomic E-state index is -0.824. The topological polar surface area (TPSA) is 99.4 Å². The second-order valence-corrected chi connectivity index (χ2v) is 6.51. The quantitative estimate of drug-likeness (QED) is 0.498. The maximum absolute atomic E-state index is 12.5. The molecule has 0 spiro atoms. The van der Waals surface area contributed by atoms with Crippen molar-refractivity contribution in [3.63, 3.8) is 0 Å². The monoisotopic (exact) mass is 407 g/mol. The average Bonchev–Trinajstić information content (AvgIpc) is 2.73. The van der Waals surface area contributed by atoms with Gasteiger partial charge in [0.1, 0.15) is 6.54 Å². The molecule has 0 aliphatic heterocycles. The first-order valence-electron chi connectivity index (χ1n) is 9.36. The van der Waals surface area contributed by atoms with Crippen LogP contribution < -0.4 is 16.4 Å². The molecular weight excluding hydrogens is 386 g/mol. The zero-order valence-corrected chi connectivity index (χ0v) is 16.6. The molecule has 0 atom stereocenters. The molecule has 0 saturated heterocycles. The lowest BCUT2D eigenvalue weighted by atomic mass is 10.2. The number of rotatable bonds is 6. The number of hydrogen-bond donors (Lipinski definition) is 1. The Labute approximate surface area is 172 Å². The van der Waals surface area contributed by atoms with Gasteiger partial charge in [-0.25, -0.2) is 4.79 Å². The van der Waals surface area contributed by atoms with E-state index in [2.05, 4.69) is 5.32 Å². The van der Waals surface area contributed by atoms with Crippen LogP contribution in [-0.4, -0.2) is 27.6 Å². The molecule has 2 aromatic carbocycles. The SMILES string of the molecule is CCOC(=O)c1ccccc1NC(=O)Cn1ccn(-c2ccccc2C)c(=O)c1=O. The van der Waals surface area contributed by atoms with Crippen molar-refractivity contribution in [3.05, 3.63) is 92.8 Å². The summed E-state index contributed by atoms with van der Waals surface area (Å²) in [4.78, 5) is 49.5. The van der Waals surface area contributed by atoms with Gasteiger partial charge in [0.25, 0.3) is 0 Å². The van der Waals surface area contributed by atoms with E-state index < -0.39 is 23.0 Å². The third kappa shape index (κ3) is 4.38. The van der Waals surface area contributed by atoms with Crippen LogP contribution in [0.15, 0.2) is 70.5 Å². The zero-order valence-electron chi connectivity index (χ0n) is 16.6. The fourth-order valence-electron chi connectivity index (χ4n) is 2.98. The molecule has 154 valence electrons. The second kappa shape index (κ2) is 9.04. The number of aryl methyl sites for hydroxylation is 1. The van der Waals surface area contributed by atoms with Gasteiger partial charge in [-0.3, -0.25) is 23.5 Å². The Bertz CT molecular complexity index is 1210. The molecule has 0 aliphatic rings. The largest absolute Gasteiger partial charge is 0.462 e. The lowest BCUT2D eigenvalue weighted by molar-refractivity contribution is -0.116. The van der Waals surface area contributed by atoms with Crippen LogP contribution in [0.3, 0.4) is 0 Å². The number of anilines is 1. The van der Waals surface area contributed by atoms with Crippen molar-refractivity contribution in [2.24, 2.45) is 0 Å². The van der Waals surface area contributed by atoms with Crippen LogP contribution >= 0.6 is 0 Å². The summed E-state index contributed by atoms with van der Waals surface area (Å²) in [7, 11) is 0.